The number of nitro groups is 1. The second-order valence-corrected chi connectivity index (χ2v) is 7.86. The molecule has 152 valence electrons. The first-order chi connectivity index (χ1) is 13.8. The van der Waals surface area contributed by atoms with Crippen molar-refractivity contribution in [2.24, 2.45) is 0 Å². The Morgan fingerprint density at radius 3 is 2.72 bits per heavy atom. The number of carbonyl (C=O) groups excluding carboxylic acids is 1. The molecule has 0 saturated carbocycles. The molecule has 3 rings (SSSR count). The maximum Gasteiger partial charge on any atom is 0.273 e. The SMILES string of the molecule is CCOc1cccc2c1OCC(C(=O)NS(=O)(=O)Cc1ccccc1[N+](=O)[O-])=C2. The predicted octanol–water partition coefficient (Wildman–Crippen LogP) is 2.42. The molecule has 0 spiro atoms. The molecule has 0 unspecified atom stereocenters. The van der Waals surface area contributed by atoms with Gasteiger partial charge in [0, 0.05) is 17.2 Å². The first-order valence-electron chi connectivity index (χ1n) is 8.67. The summed E-state index contributed by atoms with van der Waals surface area (Å²) in [5.74, 6) is -0.538. The van der Waals surface area contributed by atoms with Crippen LogP contribution in [-0.2, 0) is 20.6 Å². The fourth-order valence-corrected chi connectivity index (χ4v) is 3.98. The van der Waals surface area contributed by atoms with Gasteiger partial charge in [-0.15, -0.1) is 0 Å². The van der Waals surface area contributed by atoms with E-state index in [0.29, 0.717) is 23.7 Å². The molecule has 9 nitrogen and oxygen atoms in total. The summed E-state index contributed by atoms with van der Waals surface area (Å²) in [6, 6.07) is 10.6. The van der Waals surface area contributed by atoms with Crippen LogP contribution in [0.3, 0.4) is 0 Å². The smallest absolute Gasteiger partial charge is 0.273 e. The van der Waals surface area contributed by atoms with Crippen LogP contribution in [0.4, 0.5) is 5.69 Å². The van der Waals surface area contributed by atoms with Crippen molar-refractivity contribution in [3.8, 4) is 11.5 Å². The Hall–Kier alpha value is -3.40. The van der Waals surface area contributed by atoms with Crippen LogP contribution < -0.4 is 14.2 Å². The van der Waals surface area contributed by atoms with E-state index in [1.54, 1.807) is 18.2 Å². The fraction of sp³-hybridized carbons (Fsp3) is 0.211. The molecule has 1 aliphatic rings. The summed E-state index contributed by atoms with van der Waals surface area (Å²) in [6.07, 6.45) is 1.52. The predicted molar refractivity (Wildman–Crippen MR) is 105 cm³/mol. The van der Waals surface area contributed by atoms with Crippen LogP contribution in [0.5, 0.6) is 11.5 Å². The number of rotatable bonds is 7. The lowest BCUT2D eigenvalue weighted by Gasteiger charge is -2.20. The highest BCUT2D eigenvalue weighted by Crippen LogP contribution is 2.35. The van der Waals surface area contributed by atoms with Gasteiger partial charge in [-0.25, -0.2) is 13.1 Å². The lowest BCUT2D eigenvalue weighted by Crippen LogP contribution is -2.34. The van der Waals surface area contributed by atoms with Crippen LogP contribution in [0.15, 0.2) is 48.0 Å². The third kappa shape index (κ3) is 4.72. The van der Waals surface area contributed by atoms with E-state index < -0.39 is 26.6 Å². The molecule has 10 heteroatoms. The molecule has 1 amide bonds. The van der Waals surface area contributed by atoms with Gasteiger partial charge in [-0.2, -0.15) is 0 Å². The van der Waals surface area contributed by atoms with Gasteiger partial charge in [0.1, 0.15) is 12.4 Å². The summed E-state index contributed by atoms with van der Waals surface area (Å²) < 4.78 is 37.7. The fourth-order valence-electron chi connectivity index (χ4n) is 2.84. The minimum Gasteiger partial charge on any atom is -0.490 e. The van der Waals surface area contributed by atoms with Crippen molar-refractivity contribution in [2.45, 2.75) is 12.7 Å². The molecule has 1 N–H and O–H groups in total. The van der Waals surface area contributed by atoms with Crippen LogP contribution >= 0.6 is 0 Å². The number of sulfonamides is 1. The molecule has 0 saturated heterocycles. The second kappa shape index (κ2) is 8.31. The number of para-hydroxylation sites is 2. The molecule has 0 bridgehead atoms. The number of amides is 1. The largest absolute Gasteiger partial charge is 0.490 e. The van der Waals surface area contributed by atoms with Crippen molar-refractivity contribution in [1.82, 2.24) is 4.72 Å². The van der Waals surface area contributed by atoms with Gasteiger partial charge < -0.3 is 9.47 Å². The molecule has 0 radical (unpaired) electrons. The summed E-state index contributed by atoms with van der Waals surface area (Å²) in [6.45, 7) is 2.14. The van der Waals surface area contributed by atoms with E-state index in [2.05, 4.69) is 0 Å². The number of ether oxygens (including phenoxy) is 2. The van der Waals surface area contributed by atoms with E-state index in [0.717, 1.165) is 0 Å². The van der Waals surface area contributed by atoms with Gasteiger partial charge in [0.2, 0.25) is 10.0 Å². The molecule has 1 heterocycles. The number of carbonyl (C=O) groups is 1. The Morgan fingerprint density at radius 1 is 1.24 bits per heavy atom. The molecule has 2 aromatic carbocycles. The zero-order valence-corrected chi connectivity index (χ0v) is 16.3. The van der Waals surface area contributed by atoms with Crippen LogP contribution in [0.25, 0.3) is 6.08 Å². The molecule has 0 aliphatic carbocycles. The van der Waals surface area contributed by atoms with Gasteiger partial charge >= 0.3 is 0 Å². The zero-order valence-electron chi connectivity index (χ0n) is 15.5. The molecule has 29 heavy (non-hydrogen) atoms. The Balaban J connectivity index is 1.78. The summed E-state index contributed by atoms with van der Waals surface area (Å²) in [4.78, 5) is 22.8. The number of hydrogen-bond acceptors (Lipinski definition) is 7. The highest BCUT2D eigenvalue weighted by Gasteiger charge is 2.25. The average Bonchev–Trinajstić information content (AvgIpc) is 2.67. The van der Waals surface area contributed by atoms with Crippen LogP contribution in [0.1, 0.15) is 18.1 Å². The van der Waals surface area contributed by atoms with Gasteiger partial charge in [-0.1, -0.05) is 30.3 Å². The zero-order chi connectivity index (χ0) is 21.0. The quantitative estimate of drug-likeness (QED) is 0.541. The van der Waals surface area contributed by atoms with Gasteiger partial charge in [0.05, 0.1) is 17.1 Å². The van der Waals surface area contributed by atoms with Crippen molar-refractivity contribution in [3.05, 3.63) is 69.3 Å². The van der Waals surface area contributed by atoms with E-state index >= 15 is 0 Å². The molecule has 0 atom stereocenters. The Morgan fingerprint density at radius 2 is 2.00 bits per heavy atom. The first kappa shape index (κ1) is 20.3. The molecular formula is C19H18N2O7S. The van der Waals surface area contributed by atoms with Gasteiger partial charge in [-0.05, 0) is 19.1 Å². The summed E-state index contributed by atoms with van der Waals surface area (Å²) in [7, 11) is -4.16. The first-order valence-corrected chi connectivity index (χ1v) is 10.3. The third-order valence-electron chi connectivity index (χ3n) is 4.08. The van der Waals surface area contributed by atoms with Crippen LogP contribution in [-0.4, -0.2) is 32.5 Å². The number of nitrogens with one attached hydrogen (secondary N) is 1. The van der Waals surface area contributed by atoms with Crippen molar-refractivity contribution in [2.75, 3.05) is 13.2 Å². The van der Waals surface area contributed by atoms with E-state index in [1.165, 1.54) is 30.3 Å². The normalized spacial score (nSPS) is 12.9. The molecule has 0 fully saturated rings. The van der Waals surface area contributed by atoms with Crippen molar-refractivity contribution < 1.29 is 27.6 Å². The molecular weight excluding hydrogens is 400 g/mol. The summed E-state index contributed by atoms with van der Waals surface area (Å²) >= 11 is 0. The number of nitrogens with zero attached hydrogens (tertiary/aromatic N) is 1. The summed E-state index contributed by atoms with van der Waals surface area (Å²) in [5.41, 5.74) is 0.349. The monoisotopic (exact) mass is 418 g/mol. The van der Waals surface area contributed by atoms with Gasteiger partial charge in [0.25, 0.3) is 11.6 Å². The van der Waals surface area contributed by atoms with Crippen molar-refractivity contribution in [1.29, 1.82) is 0 Å². The van der Waals surface area contributed by atoms with Crippen LogP contribution in [0.2, 0.25) is 0 Å². The maximum absolute atomic E-state index is 12.4. The number of nitro benzene ring substituents is 1. The Labute approximate surface area is 167 Å². The van der Waals surface area contributed by atoms with Crippen molar-refractivity contribution in [3.63, 3.8) is 0 Å². The molecule has 0 aromatic heterocycles. The highest BCUT2D eigenvalue weighted by atomic mass is 32.2. The van der Waals surface area contributed by atoms with Crippen molar-refractivity contribution >= 4 is 27.7 Å². The van der Waals surface area contributed by atoms with Gasteiger partial charge in [0.15, 0.2) is 11.5 Å². The minimum absolute atomic E-state index is 0.0154. The number of fused-ring (bicyclic) bond motifs is 1. The van der Waals surface area contributed by atoms with E-state index in [4.69, 9.17) is 9.47 Å². The molecule has 2 aromatic rings. The van der Waals surface area contributed by atoms with E-state index in [9.17, 15) is 23.3 Å². The molecule has 1 aliphatic heterocycles. The Kier molecular flexibility index (Phi) is 5.83. The van der Waals surface area contributed by atoms with Crippen LogP contribution in [0, 0.1) is 10.1 Å². The lowest BCUT2D eigenvalue weighted by molar-refractivity contribution is -0.385. The van der Waals surface area contributed by atoms with E-state index in [-0.39, 0.29) is 23.4 Å². The average molecular weight is 418 g/mol. The van der Waals surface area contributed by atoms with Gasteiger partial charge in [-0.3, -0.25) is 14.9 Å². The second-order valence-electron chi connectivity index (χ2n) is 6.14. The summed E-state index contributed by atoms with van der Waals surface area (Å²) in [5, 5.41) is 11.1. The topological polar surface area (TPSA) is 125 Å². The van der Waals surface area contributed by atoms with E-state index in [1.807, 2.05) is 11.6 Å². The Bertz CT molecular complexity index is 1090. The number of hydrogen-bond donors (Lipinski definition) is 1. The highest BCUT2D eigenvalue weighted by molar-refractivity contribution is 7.89. The third-order valence-corrected chi connectivity index (χ3v) is 5.27. The standard InChI is InChI=1S/C19H18N2O7S/c1-2-27-17-9-5-7-13-10-15(11-28-18(13)17)19(22)20-29(25,26)12-14-6-3-4-8-16(14)21(23)24/h3-10H,2,11-12H2,1H3,(H,20,22). The minimum atomic E-state index is -4.16. The maximum atomic E-state index is 12.4. The number of benzene rings is 2. The lowest BCUT2D eigenvalue weighted by atomic mass is 10.1.